The zero-order chi connectivity index (χ0) is 15.7. The van der Waals surface area contributed by atoms with Crippen LogP contribution in [0.2, 0.25) is 0 Å². The molecule has 22 heavy (non-hydrogen) atoms. The van der Waals surface area contributed by atoms with Gasteiger partial charge in [0.1, 0.15) is 5.82 Å². The van der Waals surface area contributed by atoms with Crippen molar-refractivity contribution >= 4 is 5.91 Å². The van der Waals surface area contributed by atoms with Crippen LogP contribution in [0.3, 0.4) is 0 Å². The lowest BCUT2D eigenvalue weighted by Crippen LogP contribution is -2.30. The van der Waals surface area contributed by atoms with E-state index in [9.17, 15) is 14.3 Å². The van der Waals surface area contributed by atoms with Gasteiger partial charge in [0, 0.05) is 19.0 Å². The second-order valence-corrected chi connectivity index (χ2v) is 5.57. The van der Waals surface area contributed by atoms with Gasteiger partial charge in [-0.05, 0) is 37.6 Å². The minimum atomic E-state index is -0.423. The predicted molar refractivity (Wildman–Crippen MR) is 77.0 cm³/mol. The fraction of sp³-hybridized carbons (Fsp3) is 0.400. The average molecular weight is 304 g/mol. The highest BCUT2D eigenvalue weighted by atomic mass is 19.1. The predicted octanol–water partition coefficient (Wildman–Crippen LogP) is 1.25. The van der Waals surface area contributed by atoms with Gasteiger partial charge < -0.3 is 10.0 Å². The minimum Gasteiger partial charge on any atom is -0.393 e. The monoisotopic (exact) mass is 304 g/mol. The van der Waals surface area contributed by atoms with Crippen LogP contribution >= 0.6 is 0 Å². The van der Waals surface area contributed by atoms with Crippen molar-refractivity contribution in [2.45, 2.75) is 19.4 Å². The normalized spacial score (nSPS) is 19.4. The summed E-state index contributed by atoms with van der Waals surface area (Å²) in [6.45, 7) is 2.88. The van der Waals surface area contributed by atoms with E-state index in [0.29, 0.717) is 18.8 Å². The number of benzene rings is 1. The van der Waals surface area contributed by atoms with Gasteiger partial charge in [-0.1, -0.05) is 5.21 Å². The molecule has 6 nitrogen and oxygen atoms in total. The maximum atomic E-state index is 12.9. The molecule has 1 saturated heterocycles. The molecule has 3 rings (SSSR count). The first-order valence-corrected chi connectivity index (χ1v) is 7.20. The Bertz CT molecular complexity index is 668. The van der Waals surface area contributed by atoms with Crippen molar-refractivity contribution in [1.82, 2.24) is 19.9 Å². The number of rotatable bonds is 3. The molecule has 0 aliphatic carbocycles. The molecule has 116 valence electrons. The summed E-state index contributed by atoms with van der Waals surface area (Å²) in [6, 6.07) is 5.79. The summed E-state index contributed by atoms with van der Waals surface area (Å²) in [5, 5.41) is 17.4. The van der Waals surface area contributed by atoms with E-state index < -0.39 is 6.10 Å². The Balaban J connectivity index is 1.74. The molecule has 1 aromatic carbocycles. The first-order chi connectivity index (χ1) is 10.5. The number of amides is 1. The third-order valence-corrected chi connectivity index (χ3v) is 4.00. The lowest BCUT2D eigenvalue weighted by atomic mass is 10.0. The zero-order valence-corrected chi connectivity index (χ0v) is 12.2. The summed E-state index contributed by atoms with van der Waals surface area (Å²) < 4.78 is 14.4. The topological polar surface area (TPSA) is 71.2 Å². The van der Waals surface area contributed by atoms with E-state index in [4.69, 9.17) is 0 Å². The second kappa shape index (κ2) is 5.84. The standard InChI is InChI=1S/C15H17FN4O2/c1-10(21)11-6-7-19(8-11)15(22)14-9-20(18-17-14)13-4-2-12(16)3-5-13/h2-5,9-11,21H,6-8H2,1H3. The lowest BCUT2D eigenvalue weighted by Gasteiger charge is -2.16. The molecule has 1 aliphatic heterocycles. The molecule has 1 aromatic heterocycles. The quantitative estimate of drug-likeness (QED) is 0.926. The van der Waals surface area contributed by atoms with Crippen LogP contribution in [0.15, 0.2) is 30.5 Å². The van der Waals surface area contributed by atoms with Crippen LogP contribution in [0.4, 0.5) is 4.39 Å². The first-order valence-electron chi connectivity index (χ1n) is 7.20. The molecule has 0 radical (unpaired) electrons. The largest absolute Gasteiger partial charge is 0.393 e. The molecule has 2 heterocycles. The summed E-state index contributed by atoms with van der Waals surface area (Å²) in [5.41, 5.74) is 0.881. The summed E-state index contributed by atoms with van der Waals surface area (Å²) in [5.74, 6) is -0.422. The van der Waals surface area contributed by atoms with Crippen molar-refractivity contribution in [2.24, 2.45) is 5.92 Å². The van der Waals surface area contributed by atoms with E-state index in [-0.39, 0.29) is 23.3 Å². The molecule has 2 unspecified atom stereocenters. The van der Waals surface area contributed by atoms with Gasteiger partial charge in [0.2, 0.25) is 0 Å². The Morgan fingerprint density at radius 1 is 1.41 bits per heavy atom. The Morgan fingerprint density at radius 2 is 2.14 bits per heavy atom. The summed E-state index contributed by atoms with van der Waals surface area (Å²) in [7, 11) is 0. The van der Waals surface area contributed by atoms with Crippen molar-refractivity contribution in [3.05, 3.63) is 42.0 Å². The Kier molecular flexibility index (Phi) is 3.89. The number of carbonyl (C=O) groups is 1. The molecule has 1 amide bonds. The molecule has 0 bridgehead atoms. The number of hydrogen-bond donors (Lipinski definition) is 1. The summed E-state index contributed by atoms with van der Waals surface area (Å²) in [6.07, 6.45) is 1.90. The minimum absolute atomic E-state index is 0.107. The number of likely N-dealkylation sites (tertiary alicyclic amines) is 1. The average Bonchev–Trinajstić information content (AvgIpc) is 3.17. The number of halogens is 1. The molecular weight excluding hydrogens is 287 g/mol. The van der Waals surface area contributed by atoms with Crippen LogP contribution < -0.4 is 0 Å². The number of hydrogen-bond acceptors (Lipinski definition) is 4. The molecule has 1 fully saturated rings. The lowest BCUT2D eigenvalue weighted by molar-refractivity contribution is 0.0756. The van der Waals surface area contributed by atoms with Crippen molar-refractivity contribution < 1.29 is 14.3 Å². The highest BCUT2D eigenvalue weighted by Crippen LogP contribution is 2.21. The van der Waals surface area contributed by atoms with Gasteiger partial charge in [-0.25, -0.2) is 9.07 Å². The van der Waals surface area contributed by atoms with Gasteiger partial charge in [-0.3, -0.25) is 4.79 Å². The first kappa shape index (κ1) is 14.6. The molecule has 1 N–H and O–H groups in total. The third kappa shape index (κ3) is 2.85. The van der Waals surface area contributed by atoms with E-state index in [1.807, 2.05) is 0 Å². The van der Waals surface area contributed by atoms with Crippen LogP contribution in [0.1, 0.15) is 23.8 Å². The van der Waals surface area contributed by atoms with E-state index in [1.54, 1.807) is 24.0 Å². The molecule has 1 aliphatic rings. The summed E-state index contributed by atoms with van der Waals surface area (Å²) in [4.78, 5) is 14.1. The molecule has 0 saturated carbocycles. The van der Waals surface area contributed by atoms with Gasteiger partial charge in [0.15, 0.2) is 5.69 Å². The van der Waals surface area contributed by atoms with Gasteiger partial charge in [0.25, 0.3) is 5.91 Å². The van der Waals surface area contributed by atoms with Crippen LogP contribution in [-0.4, -0.2) is 50.1 Å². The second-order valence-electron chi connectivity index (χ2n) is 5.57. The Hall–Kier alpha value is -2.28. The number of carbonyl (C=O) groups excluding carboxylic acids is 1. The van der Waals surface area contributed by atoms with E-state index in [0.717, 1.165) is 6.42 Å². The summed E-state index contributed by atoms with van der Waals surface area (Å²) >= 11 is 0. The van der Waals surface area contributed by atoms with Crippen molar-refractivity contribution in [3.8, 4) is 5.69 Å². The van der Waals surface area contributed by atoms with Gasteiger partial charge in [-0.15, -0.1) is 5.10 Å². The number of aliphatic hydroxyl groups is 1. The highest BCUT2D eigenvalue weighted by Gasteiger charge is 2.30. The Morgan fingerprint density at radius 3 is 2.77 bits per heavy atom. The van der Waals surface area contributed by atoms with Crippen molar-refractivity contribution in [3.63, 3.8) is 0 Å². The maximum absolute atomic E-state index is 12.9. The van der Waals surface area contributed by atoms with Crippen LogP contribution in [-0.2, 0) is 0 Å². The molecular formula is C15H17FN4O2. The fourth-order valence-corrected chi connectivity index (χ4v) is 2.61. The Labute approximate surface area is 127 Å². The van der Waals surface area contributed by atoms with Crippen LogP contribution in [0, 0.1) is 11.7 Å². The van der Waals surface area contributed by atoms with Gasteiger partial charge in [0.05, 0.1) is 18.0 Å². The smallest absolute Gasteiger partial charge is 0.276 e. The molecule has 2 atom stereocenters. The van der Waals surface area contributed by atoms with Gasteiger partial charge in [-0.2, -0.15) is 0 Å². The van der Waals surface area contributed by atoms with Crippen LogP contribution in [0.5, 0.6) is 0 Å². The van der Waals surface area contributed by atoms with E-state index >= 15 is 0 Å². The SMILES string of the molecule is CC(O)C1CCN(C(=O)c2cn(-c3ccc(F)cc3)nn2)C1. The van der Waals surface area contributed by atoms with Crippen molar-refractivity contribution in [2.75, 3.05) is 13.1 Å². The van der Waals surface area contributed by atoms with Crippen molar-refractivity contribution in [1.29, 1.82) is 0 Å². The molecule has 2 aromatic rings. The number of nitrogens with zero attached hydrogens (tertiary/aromatic N) is 4. The molecule has 0 spiro atoms. The fourth-order valence-electron chi connectivity index (χ4n) is 2.61. The maximum Gasteiger partial charge on any atom is 0.276 e. The number of aromatic nitrogens is 3. The molecule has 7 heteroatoms. The van der Waals surface area contributed by atoms with Gasteiger partial charge >= 0.3 is 0 Å². The van der Waals surface area contributed by atoms with Crippen LogP contribution in [0.25, 0.3) is 5.69 Å². The van der Waals surface area contributed by atoms with E-state index in [1.165, 1.54) is 23.0 Å². The third-order valence-electron chi connectivity index (χ3n) is 4.00. The number of aliphatic hydroxyl groups excluding tert-OH is 1. The zero-order valence-electron chi connectivity index (χ0n) is 12.2. The van der Waals surface area contributed by atoms with E-state index in [2.05, 4.69) is 10.3 Å². The highest BCUT2D eigenvalue weighted by molar-refractivity contribution is 5.92.